The van der Waals surface area contributed by atoms with Crippen LogP contribution in [0.1, 0.15) is 29.3 Å². The molecule has 4 heteroatoms. The number of hydrogen-bond acceptors (Lipinski definition) is 3. The second kappa shape index (κ2) is 5.61. The van der Waals surface area contributed by atoms with Crippen LogP contribution in [0.15, 0.2) is 18.2 Å². The van der Waals surface area contributed by atoms with E-state index in [1.165, 1.54) is 0 Å². The highest BCUT2D eigenvalue weighted by Crippen LogP contribution is 2.22. The maximum absolute atomic E-state index is 12.6. The Morgan fingerprint density at radius 3 is 2.84 bits per heavy atom. The fourth-order valence-electron chi connectivity index (χ4n) is 2.68. The van der Waals surface area contributed by atoms with E-state index < -0.39 is 0 Å². The van der Waals surface area contributed by atoms with Gasteiger partial charge in [0.1, 0.15) is 5.75 Å². The Bertz CT molecular complexity index is 473. The molecule has 1 amide bonds. The topological polar surface area (TPSA) is 43.8 Å². The van der Waals surface area contributed by atoms with E-state index in [0.29, 0.717) is 11.1 Å². The first-order valence-electron chi connectivity index (χ1n) is 6.79. The third-order valence-corrected chi connectivity index (χ3v) is 3.84. The Kier molecular flexibility index (Phi) is 4.10. The third-order valence-electron chi connectivity index (χ3n) is 3.84. The molecule has 19 heavy (non-hydrogen) atoms. The number of phenolic OH excluding ortho intramolecular Hbond substituents is 1. The van der Waals surface area contributed by atoms with Crippen LogP contribution in [0.5, 0.6) is 5.75 Å². The molecule has 0 aromatic heterocycles. The first-order chi connectivity index (χ1) is 9.00. The van der Waals surface area contributed by atoms with Crippen molar-refractivity contribution in [2.75, 3.05) is 26.7 Å². The van der Waals surface area contributed by atoms with Gasteiger partial charge in [0.15, 0.2) is 0 Å². The Hall–Kier alpha value is -1.55. The number of benzene rings is 1. The number of nitrogens with zero attached hydrogens (tertiary/aromatic N) is 2. The van der Waals surface area contributed by atoms with Crippen LogP contribution in [-0.2, 0) is 0 Å². The Labute approximate surface area is 114 Å². The molecule has 1 heterocycles. The van der Waals surface area contributed by atoms with Crippen LogP contribution in [-0.4, -0.2) is 53.5 Å². The SMILES string of the molecule is Cc1c(O)cccc1C(=O)N1CCCN(C)CC1C. The molecule has 1 aliphatic heterocycles. The van der Waals surface area contributed by atoms with Crippen LogP contribution in [0.3, 0.4) is 0 Å². The zero-order valence-electron chi connectivity index (χ0n) is 11.9. The molecule has 1 aliphatic rings. The number of rotatable bonds is 1. The Balaban J connectivity index is 2.25. The fourth-order valence-corrected chi connectivity index (χ4v) is 2.68. The van der Waals surface area contributed by atoms with E-state index in [2.05, 4.69) is 18.9 Å². The lowest BCUT2D eigenvalue weighted by atomic mass is 10.1. The van der Waals surface area contributed by atoms with Crippen molar-refractivity contribution in [3.8, 4) is 5.75 Å². The van der Waals surface area contributed by atoms with E-state index in [4.69, 9.17) is 0 Å². The fraction of sp³-hybridized carbons (Fsp3) is 0.533. The van der Waals surface area contributed by atoms with Crippen LogP contribution >= 0.6 is 0 Å². The summed E-state index contributed by atoms with van der Waals surface area (Å²) in [5.74, 6) is 0.210. The van der Waals surface area contributed by atoms with Crippen LogP contribution in [0.2, 0.25) is 0 Å². The zero-order valence-corrected chi connectivity index (χ0v) is 11.9. The normalized spacial score (nSPS) is 21.2. The van der Waals surface area contributed by atoms with Crippen molar-refractivity contribution in [2.24, 2.45) is 0 Å². The van der Waals surface area contributed by atoms with E-state index in [1.807, 2.05) is 4.90 Å². The molecule has 0 aliphatic carbocycles. The maximum Gasteiger partial charge on any atom is 0.254 e. The van der Waals surface area contributed by atoms with Gasteiger partial charge in [-0.1, -0.05) is 6.07 Å². The minimum atomic E-state index is 0.0243. The van der Waals surface area contributed by atoms with E-state index in [1.54, 1.807) is 25.1 Å². The largest absolute Gasteiger partial charge is 0.508 e. The van der Waals surface area contributed by atoms with E-state index in [9.17, 15) is 9.90 Å². The third kappa shape index (κ3) is 2.89. The van der Waals surface area contributed by atoms with Gasteiger partial charge >= 0.3 is 0 Å². The van der Waals surface area contributed by atoms with Crippen LogP contribution in [0.4, 0.5) is 0 Å². The number of likely N-dealkylation sites (N-methyl/N-ethyl adjacent to an activating group) is 1. The molecule has 0 spiro atoms. The maximum atomic E-state index is 12.6. The van der Waals surface area contributed by atoms with Crippen LogP contribution in [0, 0.1) is 6.92 Å². The van der Waals surface area contributed by atoms with Gasteiger partial charge in [-0.3, -0.25) is 4.79 Å². The summed E-state index contributed by atoms with van der Waals surface area (Å²) in [6.07, 6.45) is 0.991. The summed E-state index contributed by atoms with van der Waals surface area (Å²) in [4.78, 5) is 16.8. The number of phenols is 1. The lowest BCUT2D eigenvalue weighted by Crippen LogP contribution is -2.42. The van der Waals surface area contributed by atoms with Crippen LogP contribution in [0.25, 0.3) is 0 Å². The predicted octanol–water partition coefficient (Wildman–Crippen LogP) is 1.87. The molecule has 1 aromatic carbocycles. The lowest BCUT2D eigenvalue weighted by Gasteiger charge is -2.28. The van der Waals surface area contributed by atoms with Gasteiger partial charge in [-0.05, 0) is 46.0 Å². The lowest BCUT2D eigenvalue weighted by molar-refractivity contribution is 0.0695. The summed E-state index contributed by atoms with van der Waals surface area (Å²) in [5.41, 5.74) is 1.27. The smallest absolute Gasteiger partial charge is 0.254 e. The number of amides is 1. The van der Waals surface area contributed by atoms with Crippen molar-refractivity contribution >= 4 is 5.91 Å². The number of carbonyl (C=O) groups excluding carboxylic acids is 1. The van der Waals surface area contributed by atoms with E-state index in [0.717, 1.165) is 26.1 Å². The van der Waals surface area contributed by atoms with Crippen molar-refractivity contribution in [3.63, 3.8) is 0 Å². The molecule has 1 saturated heterocycles. The van der Waals surface area contributed by atoms with Gasteiger partial charge in [0.05, 0.1) is 0 Å². The number of hydrogen-bond donors (Lipinski definition) is 1. The minimum absolute atomic E-state index is 0.0243. The molecule has 1 fully saturated rings. The molecule has 1 unspecified atom stereocenters. The predicted molar refractivity (Wildman–Crippen MR) is 75.5 cm³/mol. The molecular formula is C15H22N2O2. The van der Waals surface area contributed by atoms with Crippen molar-refractivity contribution in [3.05, 3.63) is 29.3 Å². The van der Waals surface area contributed by atoms with Crippen molar-refractivity contribution in [2.45, 2.75) is 26.3 Å². The Morgan fingerprint density at radius 1 is 1.37 bits per heavy atom. The molecular weight excluding hydrogens is 240 g/mol. The van der Waals surface area contributed by atoms with Gasteiger partial charge in [0.25, 0.3) is 5.91 Å². The second-order valence-electron chi connectivity index (χ2n) is 5.41. The van der Waals surface area contributed by atoms with Gasteiger partial charge in [-0.25, -0.2) is 0 Å². The van der Waals surface area contributed by atoms with Crippen molar-refractivity contribution in [1.82, 2.24) is 9.80 Å². The highest BCUT2D eigenvalue weighted by atomic mass is 16.3. The summed E-state index contributed by atoms with van der Waals surface area (Å²) in [5, 5.41) is 9.73. The molecule has 1 N–H and O–H groups in total. The highest BCUT2D eigenvalue weighted by Gasteiger charge is 2.26. The average Bonchev–Trinajstić information content (AvgIpc) is 2.53. The molecule has 104 valence electrons. The first kappa shape index (κ1) is 13.9. The quantitative estimate of drug-likeness (QED) is 0.840. The standard InChI is InChI=1S/C15H22N2O2/c1-11-10-16(3)8-5-9-17(11)15(19)13-6-4-7-14(18)12(13)2/h4,6-7,11,18H,5,8-10H2,1-3H3. The number of carbonyl (C=O) groups is 1. The van der Waals surface area contributed by atoms with Gasteiger partial charge < -0.3 is 14.9 Å². The van der Waals surface area contributed by atoms with Gasteiger partial charge in [-0.2, -0.15) is 0 Å². The molecule has 1 aromatic rings. The summed E-state index contributed by atoms with van der Waals surface area (Å²) in [7, 11) is 2.09. The van der Waals surface area contributed by atoms with Gasteiger partial charge in [0.2, 0.25) is 0 Å². The summed E-state index contributed by atoms with van der Waals surface area (Å²) in [6.45, 7) is 6.56. The molecule has 1 atom stereocenters. The minimum Gasteiger partial charge on any atom is -0.508 e. The number of aromatic hydroxyl groups is 1. The van der Waals surface area contributed by atoms with E-state index in [-0.39, 0.29) is 17.7 Å². The van der Waals surface area contributed by atoms with Crippen LogP contribution < -0.4 is 0 Å². The average molecular weight is 262 g/mol. The van der Waals surface area contributed by atoms with E-state index >= 15 is 0 Å². The molecule has 0 bridgehead atoms. The molecule has 0 radical (unpaired) electrons. The van der Waals surface area contributed by atoms with Gasteiger partial charge in [0, 0.05) is 30.3 Å². The monoisotopic (exact) mass is 262 g/mol. The first-order valence-corrected chi connectivity index (χ1v) is 6.79. The van der Waals surface area contributed by atoms with Gasteiger partial charge in [-0.15, -0.1) is 0 Å². The molecule has 2 rings (SSSR count). The summed E-state index contributed by atoms with van der Waals surface area (Å²) < 4.78 is 0. The zero-order chi connectivity index (χ0) is 14.0. The Morgan fingerprint density at radius 2 is 2.11 bits per heavy atom. The molecule has 0 saturated carbocycles. The van der Waals surface area contributed by atoms with Crippen molar-refractivity contribution in [1.29, 1.82) is 0 Å². The highest BCUT2D eigenvalue weighted by molar-refractivity contribution is 5.96. The molecule has 4 nitrogen and oxygen atoms in total. The second-order valence-corrected chi connectivity index (χ2v) is 5.41. The van der Waals surface area contributed by atoms with Crippen molar-refractivity contribution < 1.29 is 9.90 Å². The summed E-state index contributed by atoms with van der Waals surface area (Å²) >= 11 is 0. The summed E-state index contributed by atoms with van der Waals surface area (Å²) in [6, 6.07) is 5.33.